The van der Waals surface area contributed by atoms with Crippen LogP contribution in [0.15, 0.2) is 140 Å². The third-order valence-corrected chi connectivity index (χ3v) is 14.5. The molecule has 1 fully saturated rings. The summed E-state index contributed by atoms with van der Waals surface area (Å²) in [6.45, 7) is 16.8. The van der Waals surface area contributed by atoms with E-state index in [-0.39, 0.29) is 11.5 Å². The van der Waals surface area contributed by atoms with E-state index in [1.54, 1.807) is 6.07 Å². The van der Waals surface area contributed by atoms with Gasteiger partial charge >= 0.3 is 0 Å². The van der Waals surface area contributed by atoms with Gasteiger partial charge in [0.05, 0.1) is 33.8 Å². The number of anilines is 7. The highest BCUT2D eigenvalue weighted by atomic mass is 19.3. The number of hydrogen-bond donors (Lipinski definition) is 0. The predicted octanol–water partition coefficient (Wildman–Crippen LogP) is 16.8. The molecule has 9 aromatic rings. The predicted molar refractivity (Wildman–Crippen MR) is 274 cm³/mol. The minimum Gasteiger partial charge on any atom is -0.453 e. The van der Waals surface area contributed by atoms with Crippen molar-refractivity contribution in [3.63, 3.8) is 0 Å². The first-order chi connectivity index (χ1) is 32.7. The topological polar surface area (TPSA) is 33.1 Å². The molecular weight excluding hydrogens is 847 g/mol. The van der Waals surface area contributed by atoms with E-state index in [1.807, 2.05) is 13.8 Å². The molecule has 1 saturated heterocycles. The number of nitrogens with zero attached hydrogens (tertiary/aromatic N) is 4. The second-order valence-electron chi connectivity index (χ2n) is 19.4. The first-order valence-corrected chi connectivity index (χ1v) is 23.5. The number of aryl methyl sites for hydroxylation is 5. The maximum Gasteiger partial charge on any atom is 0.270 e. The van der Waals surface area contributed by atoms with Crippen LogP contribution in [0.5, 0.6) is 23.0 Å². The number of benzene rings is 8. The van der Waals surface area contributed by atoms with Gasteiger partial charge in [-0.15, -0.1) is 0 Å². The van der Waals surface area contributed by atoms with Crippen molar-refractivity contribution in [2.24, 2.45) is 0 Å². The Balaban J connectivity index is 0.987. The highest BCUT2D eigenvalue weighted by Crippen LogP contribution is 2.54. The van der Waals surface area contributed by atoms with Crippen LogP contribution in [-0.2, 0) is 5.92 Å². The van der Waals surface area contributed by atoms with Gasteiger partial charge in [-0.2, -0.15) is 0 Å². The zero-order valence-electron chi connectivity index (χ0n) is 39.6. The van der Waals surface area contributed by atoms with Crippen LogP contribution in [0.3, 0.4) is 0 Å². The minimum atomic E-state index is -2.90. The van der Waals surface area contributed by atoms with Gasteiger partial charge in [0, 0.05) is 65.0 Å². The summed E-state index contributed by atoms with van der Waals surface area (Å²) in [5.74, 6) is 0.699. The third kappa shape index (κ3) is 6.63. The Labute approximate surface area is 396 Å². The number of alkyl halides is 2. The SMILES string of the molecule is Cc1ccc2c(c1)Oc1cc(C)ccc1N2c1ccc2c(c1)c1cc(N3c4ccc(C)cc4Oc4cc(C)ccc43)ccc1n2-c1ccc(C2CN(c3c(C)c(C)cc(C(C)(F)F)c3C)C2)cc1. The number of aromatic nitrogens is 1. The zero-order valence-corrected chi connectivity index (χ0v) is 39.6. The minimum absolute atomic E-state index is 0.114. The van der Waals surface area contributed by atoms with Crippen molar-refractivity contribution in [2.75, 3.05) is 27.8 Å². The van der Waals surface area contributed by atoms with Crippen LogP contribution in [-0.4, -0.2) is 17.7 Å². The van der Waals surface area contributed by atoms with Crippen molar-refractivity contribution in [3.05, 3.63) is 190 Å². The van der Waals surface area contributed by atoms with Crippen molar-refractivity contribution in [3.8, 4) is 28.7 Å². The van der Waals surface area contributed by atoms with Crippen LogP contribution in [0, 0.1) is 48.5 Å². The standard InChI is InChI=1S/C60H52F2N4O2/c1-34-9-19-51-55(25-34)67-56-26-35(2)10-20-52(56)65(51)44-17-23-49-46(30-44)47-31-45(66-53-21-11-36(3)27-57(53)68-58-28-37(4)12-22-54(58)66)18-24-50(47)64(49)43-15-13-41(14-16-43)42-32-63(33-42)59-39(6)38(5)29-48(40(59)7)60(8,61)62/h9-31,42H,32-33H2,1-8H3. The summed E-state index contributed by atoms with van der Waals surface area (Å²) in [6, 6.07) is 49.9. The maximum atomic E-state index is 14.7. The van der Waals surface area contributed by atoms with Crippen LogP contribution in [0.25, 0.3) is 27.5 Å². The van der Waals surface area contributed by atoms with Gasteiger partial charge in [-0.1, -0.05) is 36.4 Å². The fourth-order valence-electron chi connectivity index (χ4n) is 10.9. The van der Waals surface area contributed by atoms with E-state index in [4.69, 9.17) is 9.47 Å². The van der Waals surface area contributed by atoms with Crippen LogP contribution in [0.2, 0.25) is 0 Å². The van der Waals surface area contributed by atoms with E-state index in [2.05, 4.69) is 187 Å². The Kier molecular flexibility index (Phi) is 9.36. The van der Waals surface area contributed by atoms with Gasteiger partial charge in [0.1, 0.15) is 0 Å². The van der Waals surface area contributed by atoms with Crippen molar-refractivity contribution in [1.82, 2.24) is 4.57 Å². The summed E-state index contributed by atoms with van der Waals surface area (Å²) < 4.78 is 45.0. The molecular formula is C60H52F2N4O2. The fourth-order valence-corrected chi connectivity index (χ4v) is 10.9. The molecule has 0 saturated carbocycles. The van der Waals surface area contributed by atoms with E-state index >= 15 is 0 Å². The second kappa shape index (κ2) is 15.2. The van der Waals surface area contributed by atoms with Gasteiger partial charge in [0.25, 0.3) is 5.92 Å². The molecule has 0 radical (unpaired) electrons. The first kappa shape index (κ1) is 41.8. The molecule has 0 atom stereocenters. The Hall–Kier alpha value is -7.58. The maximum absolute atomic E-state index is 14.7. The lowest BCUT2D eigenvalue weighted by molar-refractivity contribution is 0.0168. The molecule has 68 heavy (non-hydrogen) atoms. The molecule has 0 amide bonds. The van der Waals surface area contributed by atoms with Crippen LogP contribution < -0.4 is 24.2 Å². The summed E-state index contributed by atoms with van der Waals surface area (Å²) in [6.07, 6.45) is 0. The van der Waals surface area contributed by atoms with Gasteiger partial charge in [-0.3, -0.25) is 0 Å². The first-order valence-electron chi connectivity index (χ1n) is 23.5. The summed E-state index contributed by atoms with van der Waals surface area (Å²) in [5.41, 5.74) is 18.8. The molecule has 12 rings (SSSR count). The Morgan fingerprint density at radius 3 is 1.29 bits per heavy atom. The summed E-state index contributed by atoms with van der Waals surface area (Å²) in [4.78, 5) is 6.92. The molecule has 0 spiro atoms. The van der Waals surface area contributed by atoms with E-state index in [0.717, 1.165) is 144 Å². The molecule has 6 nitrogen and oxygen atoms in total. The Bertz CT molecular complexity index is 3290. The number of ether oxygens (including phenoxy) is 2. The summed E-state index contributed by atoms with van der Waals surface area (Å²) in [5, 5.41) is 2.24. The van der Waals surface area contributed by atoms with E-state index in [1.165, 1.54) is 5.56 Å². The van der Waals surface area contributed by atoms with Crippen molar-refractivity contribution in [1.29, 1.82) is 0 Å². The van der Waals surface area contributed by atoms with Gasteiger partial charge in [0.2, 0.25) is 0 Å². The molecule has 0 N–H and O–H groups in total. The third-order valence-electron chi connectivity index (χ3n) is 14.5. The lowest BCUT2D eigenvalue weighted by Crippen LogP contribution is -2.46. The van der Waals surface area contributed by atoms with Crippen LogP contribution in [0.1, 0.15) is 62.9 Å². The van der Waals surface area contributed by atoms with Gasteiger partial charge in [-0.05, 0) is 196 Å². The molecule has 0 bridgehead atoms. The lowest BCUT2D eigenvalue weighted by atomic mass is 9.87. The molecule has 4 heterocycles. The average molecular weight is 899 g/mol. The fraction of sp³-hybridized carbons (Fsp3) is 0.200. The molecule has 0 aliphatic carbocycles. The normalized spacial score (nSPS) is 14.3. The lowest BCUT2D eigenvalue weighted by Gasteiger charge is -2.43. The van der Waals surface area contributed by atoms with Crippen molar-refractivity contribution >= 4 is 61.6 Å². The smallest absolute Gasteiger partial charge is 0.270 e. The van der Waals surface area contributed by atoms with Gasteiger partial charge in [0.15, 0.2) is 23.0 Å². The summed E-state index contributed by atoms with van der Waals surface area (Å²) >= 11 is 0. The van der Waals surface area contributed by atoms with Gasteiger partial charge < -0.3 is 28.7 Å². The summed E-state index contributed by atoms with van der Waals surface area (Å²) in [7, 11) is 0. The van der Waals surface area contributed by atoms with Crippen LogP contribution >= 0.6 is 0 Å². The molecule has 0 unspecified atom stereocenters. The van der Waals surface area contributed by atoms with Gasteiger partial charge in [-0.25, -0.2) is 8.78 Å². The molecule has 8 aromatic carbocycles. The highest BCUT2D eigenvalue weighted by molar-refractivity contribution is 6.12. The number of fused-ring (bicyclic) bond motifs is 7. The molecule has 1 aromatic heterocycles. The Morgan fingerprint density at radius 2 is 0.882 bits per heavy atom. The van der Waals surface area contributed by atoms with E-state index in [9.17, 15) is 8.78 Å². The Morgan fingerprint density at radius 1 is 0.471 bits per heavy atom. The van der Waals surface area contributed by atoms with E-state index in [0.29, 0.717) is 5.56 Å². The zero-order chi connectivity index (χ0) is 46.9. The monoisotopic (exact) mass is 898 g/mol. The van der Waals surface area contributed by atoms with Crippen molar-refractivity contribution in [2.45, 2.75) is 67.2 Å². The average Bonchev–Trinajstić information content (AvgIpc) is 3.61. The molecule has 3 aliphatic heterocycles. The number of halogens is 2. The molecule has 3 aliphatic rings. The molecule has 8 heteroatoms. The largest absolute Gasteiger partial charge is 0.453 e. The van der Waals surface area contributed by atoms with Crippen molar-refractivity contribution < 1.29 is 18.3 Å². The van der Waals surface area contributed by atoms with Crippen LogP contribution in [0.4, 0.5) is 48.6 Å². The number of hydrogen-bond acceptors (Lipinski definition) is 5. The molecule has 338 valence electrons. The quantitative estimate of drug-likeness (QED) is 0.166. The second-order valence-corrected chi connectivity index (χ2v) is 19.4. The number of rotatable bonds is 6. The highest BCUT2D eigenvalue weighted by Gasteiger charge is 2.35. The van der Waals surface area contributed by atoms with E-state index < -0.39 is 5.92 Å².